The smallest absolute Gasteiger partial charge is 0.238 e. The average molecular weight is 310 g/mol. The first-order valence-electron chi connectivity index (χ1n) is 7.69. The Balaban J connectivity index is 1.98. The molecule has 1 aromatic rings. The lowest BCUT2D eigenvalue weighted by molar-refractivity contribution is -0.117. The number of carbonyl (C=O) groups excluding carboxylic acids is 1. The third-order valence-electron chi connectivity index (χ3n) is 4.11. The van der Waals surface area contributed by atoms with Crippen molar-refractivity contribution < 1.29 is 4.79 Å². The quantitative estimate of drug-likeness (QED) is 0.837. The Labute approximate surface area is 131 Å². The molecule has 0 saturated carbocycles. The van der Waals surface area contributed by atoms with E-state index in [0.29, 0.717) is 29.0 Å². The zero-order valence-electron chi connectivity index (χ0n) is 12.6. The molecule has 1 saturated heterocycles. The lowest BCUT2D eigenvalue weighted by atomic mass is 10.1. The van der Waals surface area contributed by atoms with Gasteiger partial charge in [-0.05, 0) is 44.0 Å². The first kappa shape index (κ1) is 16.1. The minimum absolute atomic E-state index is 0.0238. The van der Waals surface area contributed by atoms with Gasteiger partial charge in [-0.25, -0.2) is 0 Å². The summed E-state index contributed by atoms with van der Waals surface area (Å²) in [6.07, 6.45) is 5.96. The second kappa shape index (κ2) is 7.66. The summed E-state index contributed by atoms with van der Waals surface area (Å²) in [5.41, 5.74) is 6.99. The van der Waals surface area contributed by atoms with Crippen molar-refractivity contribution in [2.24, 2.45) is 0 Å². The molecule has 0 bridgehead atoms. The average Bonchev–Trinajstić information content (AvgIpc) is 2.68. The minimum Gasteiger partial charge on any atom is -0.397 e. The summed E-state index contributed by atoms with van der Waals surface area (Å²) in [7, 11) is 0. The van der Waals surface area contributed by atoms with Crippen molar-refractivity contribution >= 4 is 28.9 Å². The molecule has 0 aliphatic carbocycles. The number of benzene rings is 1. The van der Waals surface area contributed by atoms with E-state index in [-0.39, 0.29) is 5.91 Å². The number of nitrogens with zero attached hydrogens (tertiary/aromatic N) is 1. The fourth-order valence-corrected chi connectivity index (χ4v) is 3.09. The van der Waals surface area contributed by atoms with Crippen molar-refractivity contribution in [2.45, 2.75) is 45.1 Å². The van der Waals surface area contributed by atoms with Crippen LogP contribution in [0.1, 0.15) is 39.0 Å². The summed E-state index contributed by atoms with van der Waals surface area (Å²) in [5, 5.41) is 3.44. The number of nitrogen functional groups attached to an aromatic ring is 1. The Morgan fingerprint density at radius 2 is 2.24 bits per heavy atom. The molecule has 1 aliphatic rings. The highest BCUT2D eigenvalue weighted by Crippen LogP contribution is 2.23. The van der Waals surface area contributed by atoms with E-state index in [1.54, 1.807) is 18.2 Å². The molecule has 1 aromatic carbocycles. The molecule has 0 aromatic heterocycles. The van der Waals surface area contributed by atoms with Crippen LogP contribution in [0.5, 0.6) is 0 Å². The molecular weight excluding hydrogens is 286 g/mol. The number of hydrogen-bond donors (Lipinski definition) is 2. The number of nitrogens with two attached hydrogens (primary N) is 1. The van der Waals surface area contributed by atoms with Crippen LogP contribution in [-0.2, 0) is 4.79 Å². The van der Waals surface area contributed by atoms with E-state index in [4.69, 9.17) is 17.3 Å². The number of halogens is 1. The number of carbonyl (C=O) groups is 1. The van der Waals surface area contributed by atoms with Crippen LogP contribution in [0.25, 0.3) is 0 Å². The molecule has 3 N–H and O–H groups in total. The van der Waals surface area contributed by atoms with E-state index in [1.807, 2.05) is 0 Å². The second-order valence-corrected chi connectivity index (χ2v) is 6.10. The molecule has 21 heavy (non-hydrogen) atoms. The Bertz CT molecular complexity index is 492. The van der Waals surface area contributed by atoms with Crippen molar-refractivity contribution in [1.82, 2.24) is 4.90 Å². The van der Waals surface area contributed by atoms with Gasteiger partial charge in [-0.2, -0.15) is 0 Å². The van der Waals surface area contributed by atoms with Gasteiger partial charge in [-0.3, -0.25) is 9.69 Å². The number of amides is 1. The van der Waals surface area contributed by atoms with Crippen LogP contribution in [0.15, 0.2) is 18.2 Å². The Morgan fingerprint density at radius 3 is 3.00 bits per heavy atom. The molecule has 2 rings (SSSR count). The largest absolute Gasteiger partial charge is 0.397 e. The van der Waals surface area contributed by atoms with Gasteiger partial charge in [0.15, 0.2) is 0 Å². The number of anilines is 2. The summed E-state index contributed by atoms with van der Waals surface area (Å²) in [6, 6.07) is 5.62. The summed E-state index contributed by atoms with van der Waals surface area (Å²) in [5.74, 6) is -0.0238. The topological polar surface area (TPSA) is 58.4 Å². The van der Waals surface area contributed by atoms with Crippen LogP contribution < -0.4 is 11.1 Å². The van der Waals surface area contributed by atoms with E-state index in [0.717, 1.165) is 13.0 Å². The van der Waals surface area contributed by atoms with Gasteiger partial charge in [0.2, 0.25) is 5.91 Å². The number of rotatable bonds is 4. The van der Waals surface area contributed by atoms with Crippen LogP contribution in [0.3, 0.4) is 0 Å². The predicted octanol–water partition coefficient (Wildman–Crippen LogP) is 3.52. The van der Waals surface area contributed by atoms with Crippen molar-refractivity contribution in [2.75, 3.05) is 24.1 Å². The Hall–Kier alpha value is -1.26. The zero-order valence-corrected chi connectivity index (χ0v) is 13.3. The number of likely N-dealkylation sites (tertiary alicyclic amines) is 1. The molecule has 1 heterocycles. The van der Waals surface area contributed by atoms with Gasteiger partial charge in [0.05, 0.1) is 17.9 Å². The molecular formula is C16H24ClN3O. The van der Waals surface area contributed by atoms with Gasteiger partial charge in [-0.1, -0.05) is 31.4 Å². The number of hydrogen-bond acceptors (Lipinski definition) is 3. The van der Waals surface area contributed by atoms with Crippen LogP contribution in [0.4, 0.5) is 11.4 Å². The summed E-state index contributed by atoms with van der Waals surface area (Å²) in [6.45, 7) is 3.61. The SMILES string of the molecule is CCC1CCCCCN1CC(=O)Nc1cc(Cl)ccc1N. The van der Waals surface area contributed by atoms with Gasteiger partial charge in [0.1, 0.15) is 0 Å². The van der Waals surface area contributed by atoms with Gasteiger partial charge < -0.3 is 11.1 Å². The van der Waals surface area contributed by atoms with Gasteiger partial charge in [0.25, 0.3) is 0 Å². The van der Waals surface area contributed by atoms with Crippen molar-refractivity contribution in [3.8, 4) is 0 Å². The van der Waals surface area contributed by atoms with Crippen LogP contribution in [0, 0.1) is 0 Å². The van der Waals surface area contributed by atoms with E-state index < -0.39 is 0 Å². The molecule has 1 atom stereocenters. The third kappa shape index (κ3) is 4.61. The maximum absolute atomic E-state index is 12.3. The summed E-state index contributed by atoms with van der Waals surface area (Å²) >= 11 is 5.94. The molecule has 0 spiro atoms. The number of nitrogens with one attached hydrogen (secondary N) is 1. The maximum atomic E-state index is 12.3. The summed E-state index contributed by atoms with van der Waals surface area (Å²) < 4.78 is 0. The van der Waals surface area contributed by atoms with Gasteiger partial charge in [0, 0.05) is 11.1 Å². The molecule has 1 amide bonds. The normalized spacial score (nSPS) is 20.0. The molecule has 1 aliphatic heterocycles. The van der Waals surface area contributed by atoms with Crippen LogP contribution >= 0.6 is 11.6 Å². The van der Waals surface area contributed by atoms with Crippen molar-refractivity contribution in [3.63, 3.8) is 0 Å². The highest BCUT2D eigenvalue weighted by molar-refractivity contribution is 6.31. The first-order chi connectivity index (χ1) is 10.1. The maximum Gasteiger partial charge on any atom is 0.238 e. The highest BCUT2D eigenvalue weighted by Gasteiger charge is 2.21. The second-order valence-electron chi connectivity index (χ2n) is 5.66. The molecule has 5 heteroatoms. The molecule has 116 valence electrons. The summed E-state index contributed by atoms with van der Waals surface area (Å²) in [4.78, 5) is 14.6. The minimum atomic E-state index is -0.0238. The first-order valence-corrected chi connectivity index (χ1v) is 8.07. The standard InChI is InChI=1S/C16H24ClN3O/c1-2-13-6-4-3-5-9-20(13)11-16(21)19-15-10-12(17)7-8-14(15)18/h7-8,10,13H,2-6,9,11,18H2,1H3,(H,19,21). The van der Waals surface area contributed by atoms with Crippen LogP contribution in [-0.4, -0.2) is 29.9 Å². The van der Waals surface area contributed by atoms with Gasteiger partial charge >= 0.3 is 0 Å². The fraction of sp³-hybridized carbons (Fsp3) is 0.562. The fourth-order valence-electron chi connectivity index (χ4n) is 2.92. The lowest BCUT2D eigenvalue weighted by Gasteiger charge is -2.28. The Kier molecular flexibility index (Phi) is 5.88. The molecule has 0 radical (unpaired) electrons. The predicted molar refractivity (Wildman–Crippen MR) is 88.6 cm³/mol. The van der Waals surface area contributed by atoms with Crippen molar-refractivity contribution in [3.05, 3.63) is 23.2 Å². The molecule has 1 fully saturated rings. The third-order valence-corrected chi connectivity index (χ3v) is 4.34. The van der Waals surface area contributed by atoms with E-state index in [2.05, 4.69) is 17.1 Å². The van der Waals surface area contributed by atoms with E-state index in [1.165, 1.54) is 25.7 Å². The monoisotopic (exact) mass is 309 g/mol. The molecule has 4 nitrogen and oxygen atoms in total. The molecule has 1 unspecified atom stereocenters. The van der Waals surface area contributed by atoms with Crippen molar-refractivity contribution in [1.29, 1.82) is 0 Å². The van der Waals surface area contributed by atoms with E-state index >= 15 is 0 Å². The van der Waals surface area contributed by atoms with Crippen LogP contribution in [0.2, 0.25) is 5.02 Å². The van der Waals surface area contributed by atoms with E-state index in [9.17, 15) is 4.79 Å². The zero-order chi connectivity index (χ0) is 15.2. The highest BCUT2D eigenvalue weighted by atomic mass is 35.5. The van der Waals surface area contributed by atoms with Gasteiger partial charge in [-0.15, -0.1) is 0 Å². The Morgan fingerprint density at radius 1 is 1.43 bits per heavy atom. The lowest BCUT2D eigenvalue weighted by Crippen LogP contribution is -2.40.